The summed E-state index contributed by atoms with van der Waals surface area (Å²) < 4.78 is 30.5. The summed E-state index contributed by atoms with van der Waals surface area (Å²) in [5.74, 6) is -0.996. The largest absolute Gasteiger partial charge is 0.497 e. The molecule has 0 radical (unpaired) electrons. The van der Waals surface area contributed by atoms with E-state index < -0.39 is 27.7 Å². The minimum absolute atomic E-state index is 0.0212. The lowest BCUT2D eigenvalue weighted by atomic mass is 10.1. The van der Waals surface area contributed by atoms with Crippen molar-refractivity contribution in [1.29, 1.82) is 0 Å². The van der Waals surface area contributed by atoms with Gasteiger partial charge in [0.25, 0.3) is 21.8 Å². The van der Waals surface area contributed by atoms with Gasteiger partial charge in [0.1, 0.15) is 17.2 Å². The Morgan fingerprint density at radius 1 is 1.17 bits per heavy atom. The van der Waals surface area contributed by atoms with Crippen molar-refractivity contribution in [2.75, 3.05) is 32.6 Å². The second-order valence-corrected chi connectivity index (χ2v) is 8.53. The molecule has 10 heteroatoms. The van der Waals surface area contributed by atoms with E-state index in [1.165, 1.54) is 37.3 Å². The first-order valence-electron chi connectivity index (χ1n) is 9.09. The van der Waals surface area contributed by atoms with Gasteiger partial charge in [0.2, 0.25) is 5.91 Å². The first-order valence-corrected chi connectivity index (χ1v) is 10.5. The third-order valence-corrected chi connectivity index (χ3v) is 6.52. The predicted octanol–water partition coefficient (Wildman–Crippen LogP) is 1.57. The molecule has 0 saturated heterocycles. The van der Waals surface area contributed by atoms with E-state index in [2.05, 4.69) is 5.32 Å². The van der Waals surface area contributed by atoms with E-state index in [1.807, 2.05) is 0 Å². The molecular formula is C20H21N3O6S. The van der Waals surface area contributed by atoms with Crippen LogP contribution in [-0.4, -0.2) is 62.6 Å². The third-order valence-electron chi connectivity index (χ3n) is 4.74. The molecule has 0 aliphatic carbocycles. The number of nitrogens with zero attached hydrogens (tertiary/aromatic N) is 2. The quantitative estimate of drug-likeness (QED) is 0.743. The van der Waals surface area contributed by atoms with Gasteiger partial charge in [-0.2, -0.15) is 0 Å². The number of carbonyl (C=O) groups is 3. The zero-order valence-corrected chi connectivity index (χ0v) is 17.5. The smallest absolute Gasteiger partial charge is 0.268 e. The Bertz CT molecular complexity index is 1130. The summed E-state index contributed by atoms with van der Waals surface area (Å²) in [6, 6.07) is 10.7. The molecule has 158 valence electrons. The lowest BCUT2D eigenvalue weighted by molar-refractivity contribution is -0.116. The molecule has 9 nitrogen and oxygen atoms in total. The molecule has 1 heterocycles. The highest BCUT2D eigenvalue weighted by molar-refractivity contribution is 7.90. The summed E-state index contributed by atoms with van der Waals surface area (Å²) in [7, 11) is -1.29. The van der Waals surface area contributed by atoms with Crippen LogP contribution in [0.4, 0.5) is 5.69 Å². The van der Waals surface area contributed by atoms with Crippen molar-refractivity contribution in [3.8, 4) is 5.75 Å². The fourth-order valence-corrected chi connectivity index (χ4v) is 4.38. The Kier molecular flexibility index (Phi) is 5.79. The van der Waals surface area contributed by atoms with E-state index >= 15 is 0 Å². The van der Waals surface area contributed by atoms with Crippen LogP contribution < -0.4 is 10.1 Å². The van der Waals surface area contributed by atoms with E-state index in [0.29, 0.717) is 15.7 Å². The van der Waals surface area contributed by atoms with E-state index in [4.69, 9.17) is 4.74 Å². The van der Waals surface area contributed by atoms with Gasteiger partial charge in [-0.25, -0.2) is 12.7 Å². The second-order valence-electron chi connectivity index (χ2n) is 6.59. The van der Waals surface area contributed by atoms with Crippen LogP contribution in [0.15, 0.2) is 47.4 Å². The van der Waals surface area contributed by atoms with E-state index in [1.54, 1.807) is 31.2 Å². The minimum Gasteiger partial charge on any atom is -0.497 e. The van der Waals surface area contributed by atoms with Crippen molar-refractivity contribution in [3.63, 3.8) is 0 Å². The molecule has 0 spiro atoms. The number of likely N-dealkylation sites (N-methyl/N-ethyl adjacent to an activating group) is 1. The lowest BCUT2D eigenvalue weighted by Gasteiger charge is -2.20. The van der Waals surface area contributed by atoms with Gasteiger partial charge in [0.05, 0.1) is 12.7 Å². The third kappa shape index (κ3) is 3.86. The molecule has 1 N–H and O–H groups in total. The Morgan fingerprint density at radius 2 is 1.90 bits per heavy atom. The maximum Gasteiger partial charge on any atom is 0.268 e. The van der Waals surface area contributed by atoms with E-state index in [0.717, 1.165) is 0 Å². The molecule has 3 rings (SSSR count). The monoisotopic (exact) mass is 431 g/mol. The highest BCUT2D eigenvalue weighted by Crippen LogP contribution is 2.30. The summed E-state index contributed by atoms with van der Waals surface area (Å²) in [6.45, 7) is 1.71. The zero-order valence-electron chi connectivity index (χ0n) is 16.7. The maximum absolute atomic E-state index is 12.9. The van der Waals surface area contributed by atoms with Gasteiger partial charge in [-0.1, -0.05) is 6.07 Å². The highest BCUT2D eigenvalue weighted by Gasteiger charge is 2.39. The number of nitrogens with one attached hydrogen (secondary N) is 1. The number of hydrogen-bond acceptors (Lipinski definition) is 6. The van der Waals surface area contributed by atoms with Gasteiger partial charge in [0.15, 0.2) is 0 Å². The van der Waals surface area contributed by atoms with Crippen LogP contribution in [0.1, 0.15) is 27.6 Å². The first-order chi connectivity index (χ1) is 14.2. The van der Waals surface area contributed by atoms with Crippen molar-refractivity contribution in [2.45, 2.75) is 11.8 Å². The van der Waals surface area contributed by atoms with Crippen molar-refractivity contribution in [1.82, 2.24) is 9.21 Å². The van der Waals surface area contributed by atoms with Crippen LogP contribution in [0.5, 0.6) is 5.75 Å². The summed E-state index contributed by atoms with van der Waals surface area (Å²) >= 11 is 0. The minimum atomic E-state index is -3.97. The number of hydrogen-bond donors (Lipinski definition) is 1. The van der Waals surface area contributed by atoms with Gasteiger partial charge in [-0.15, -0.1) is 0 Å². The number of fused-ring (bicyclic) bond motifs is 1. The number of carbonyl (C=O) groups excluding carboxylic acids is 3. The molecule has 2 aromatic rings. The van der Waals surface area contributed by atoms with E-state index in [-0.39, 0.29) is 29.1 Å². The van der Waals surface area contributed by atoms with Crippen molar-refractivity contribution in [3.05, 3.63) is 53.6 Å². The molecule has 0 unspecified atom stereocenters. The van der Waals surface area contributed by atoms with Crippen LogP contribution in [0, 0.1) is 0 Å². The number of sulfonamides is 1. The first kappa shape index (κ1) is 21.3. The maximum atomic E-state index is 12.9. The highest BCUT2D eigenvalue weighted by atomic mass is 32.2. The molecule has 0 aromatic heterocycles. The summed E-state index contributed by atoms with van der Waals surface area (Å²) in [5.41, 5.74) is 0.623. The Labute approximate surface area is 174 Å². The van der Waals surface area contributed by atoms with Crippen LogP contribution in [0.25, 0.3) is 0 Å². The van der Waals surface area contributed by atoms with E-state index in [9.17, 15) is 22.8 Å². The van der Waals surface area contributed by atoms with Crippen LogP contribution in [0.3, 0.4) is 0 Å². The van der Waals surface area contributed by atoms with Gasteiger partial charge < -0.3 is 15.0 Å². The molecule has 3 amide bonds. The molecule has 2 aromatic carbocycles. The fraction of sp³-hybridized carbons (Fsp3) is 0.250. The summed E-state index contributed by atoms with van der Waals surface area (Å²) in [6.07, 6.45) is 0. The molecule has 30 heavy (non-hydrogen) atoms. The molecule has 0 fully saturated rings. The molecular weight excluding hydrogens is 410 g/mol. The fourth-order valence-electron chi connectivity index (χ4n) is 3.06. The summed E-state index contributed by atoms with van der Waals surface area (Å²) in [4.78, 5) is 38.4. The van der Waals surface area contributed by atoms with Crippen LogP contribution >= 0.6 is 0 Å². The molecule has 0 saturated carbocycles. The normalized spacial score (nSPS) is 14.2. The topological polar surface area (TPSA) is 113 Å². The SMILES string of the molecule is CCN(CC(=O)Nc1cccc(OC)c1)C(=O)c1ccc2c(c1)S(=O)(=O)N(C)C2=O. The Morgan fingerprint density at radius 3 is 2.57 bits per heavy atom. The zero-order chi connectivity index (χ0) is 22.1. The van der Waals surface area contributed by atoms with Crippen LogP contribution in [0.2, 0.25) is 0 Å². The lowest BCUT2D eigenvalue weighted by Crippen LogP contribution is -2.38. The number of ether oxygens (including phenoxy) is 1. The molecule has 1 aliphatic heterocycles. The number of amides is 3. The Balaban J connectivity index is 1.78. The van der Waals surface area contributed by atoms with Gasteiger partial charge >= 0.3 is 0 Å². The van der Waals surface area contributed by atoms with Crippen molar-refractivity contribution < 1.29 is 27.5 Å². The molecule has 1 aliphatic rings. The van der Waals surface area contributed by atoms with Crippen molar-refractivity contribution >= 4 is 33.4 Å². The number of anilines is 1. The van der Waals surface area contributed by atoms with Gasteiger partial charge in [0, 0.05) is 30.9 Å². The predicted molar refractivity (Wildman–Crippen MR) is 109 cm³/mol. The number of benzene rings is 2. The Hall–Kier alpha value is -3.40. The van der Waals surface area contributed by atoms with Crippen molar-refractivity contribution in [2.24, 2.45) is 0 Å². The average Bonchev–Trinajstić information content (AvgIpc) is 2.91. The van der Waals surface area contributed by atoms with Gasteiger partial charge in [-0.05, 0) is 37.3 Å². The molecule has 0 bridgehead atoms. The van der Waals surface area contributed by atoms with Gasteiger partial charge in [-0.3, -0.25) is 14.4 Å². The number of methoxy groups -OCH3 is 1. The second kappa shape index (κ2) is 8.15. The number of rotatable bonds is 6. The average molecular weight is 431 g/mol. The standard InChI is InChI=1S/C20H21N3O6S/c1-4-23(12-18(24)21-14-6-5-7-15(11-14)29-3)19(25)13-8-9-16-17(10-13)30(27,28)22(2)20(16)26/h5-11H,4,12H2,1-3H3,(H,21,24). The van der Waals surface area contributed by atoms with Crippen LogP contribution in [-0.2, 0) is 14.8 Å². The summed E-state index contributed by atoms with van der Waals surface area (Å²) in [5, 5.41) is 2.69. The molecule has 0 atom stereocenters.